The molecular formula is C26H19AuMnO3P. The molecule has 6 heteroatoms. The fourth-order valence-electron chi connectivity index (χ4n) is 2.46. The molecule has 0 saturated heterocycles. The molecular weight excluding hydrogens is 643 g/mol. The smallest absolute Gasteiger partial charge is 0 e. The third-order valence-corrected chi connectivity index (χ3v) is 5.98. The largest absolute Gasteiger partial charge is 0.270 e. The molecule has 0 unspecified atom stereocenters. The van der Waals surface area contributed by atoms with Gasteiger partial charge in [-0.25, -0.2) is 12.2 Å². The molecule has 1 aliphatic carbocycles. The van der Waals surface area contributed by atoms with Gasteiger partial charge in [-0.3, -0.25) is 6.08 Å². The van der Waals surface area contributed by atoms with E-state index in [1.807, 2.05) is 24.6 Å². The Morgan fingerprint density at radius 3 is 1.03 bits per heavy atom. The van der Waals surface area contributed by atoms with Gasteiger partial charge >= 0.3 is 56.3 Å². The number of benzene rings is 3. The van der Waals surface area contributed by atoms with Gasteiger partial charge < -0.3 is 0 Å². The van der Waals surface area contributed by atoms with Crippen LogP contribution in [0.1, 0.15) is 0 Å². The van der Waals surface area contributed by atoms with Gasteiger partial charge in [0.2, 0.25) is 0 Å². The predicted molar refractivity (Wildman–Crippen MR) is 118 cm³/mol. The maximum Gasteiger partial charge on any atom is 0 e. The minimum atomic E-state index is -0.446. The average Bonchev–Trinajstić information content (AvgIpc) is 3.46. The molecule has 0 aromatic heterocycles. The van der Waals surface area contributed by atoms with Gasteiger partial charge in [-0.2, -0.15) is 6.08 Å². The van der Waals surface area contributed by atoms with Gasteiger partial charge in [-0.05, 0) is 23.8 Å². The van der Waals surface area contributed by atoms with Crippen LogP contribution in [-0.2, 0) is 53.4 Å². The second-order valence-electron chi connectivity index (χ2n) is 5.23. The Kier molecular flexibility index (Phi) is 27.4. The summed E-state index contributed by atoms with van der Waals surface area (Å²) in [6, 6.07) is 32.3. The summed E-state index contributed by atoms with van der Waals surface area (Å²) in [7, 11) is -0.446. The van der Waals surface area contributed by atoms with Gasteiger partial charge in [0.05, 0.1) is 0 Å². The van der Waals surface area contributed by atoms with Crippen LogP contribution in [0.15, 0.2) is 109 Å². The molecule has 0 saturated carbocycles. The fourth-order valence-corrected chi connectivity index (χ4v) is 4.76. The van der Waals surface area contributed by atoms with Crippen molar-refractivity contribution in [3.63, 3.8) is 0 Å². The summed E-state index contributed by atoms with van der Waals surface area (Å²) >= 11 is 0. The van der Waals surface area contributed by atoms with Crippen LogP contribution in [0.2, 0.25) is 0 Å². The van der Waals surface area contributed by atoms with E-state index in [0.717, 1.165) is 0 Å². The third kappa shape index (κ3) is 13.5. The van der Waals surface area contributed by atoms with Crippen LogP contribution in [0.3, 0.4) is 0 Å². The van der Waals surface area contributed by atoms with E-state index in [1.54, 1.807) is 0 Å². The molecule has 1 aliphatic rings. The molecule has 164 valence electrons. The third-order valence-electron chi connectivity index (χ3n) is 3.54. The second-order valence-corrected chi connectivity index (χ2v) is 7.45. The minimum absolute atomic E-state index is 0. The summed E-state index contributed by atoms with van der Waals surface area (Å²) in [5.74, 6) is 0. The second kappa shape index (κ2) is 25.3. The van der Waals surface area contributed by atoms with Crippen molar-refractivity contribution in [2.45, 2.75) is 0 Å². The van der Waals surface area contributed by atoms with Crippen molar-refractivity contribution in [1.29, 1.82) is 0 Å². The minimum Gasteiger partial charge on any atom is -0.270 e. The molecule has 4 rings (SSSR count). The molecule has 32 heavy (non-hydrogen) atoms. The Bertz CT molecular complexity index is 807. The molecule has 0 aliphatic heterocycles. The Balaban J connectivity index is -0.000000551. The van der Waals surface area contributed by atoms with Gasteiger partial charge in [-0.1, -0.05) is 91.0 Å². The first kappa shape index (κ1) is 34.7. The van der Waals surface area contributed by atoms with Gasteiger partial charge in [0.15, 0.2) is 0 Å². The molecule has 0 amide bonds. The van der Waals surface area contributed by atoms with Crippen molar-refractivity contribution in [1.82, 2.24) is 0 Å². The zero-order chi connectivity index (χ0) is 22.5. The van der Waals surface area contributed by atoms with Crippen LogP contribution in [0.25, 0.3) is 0 Å². The van der Waals surface area contributed by atoms with Crippen LogP contribution in [0.4, 0.5) is 0 Å². The number of allylic oxidation sites excluding steroid dienone is 4. The zero-order valence-corrected chi connectivity index (χ0v) is 21.1. The maximum absolute atomic E-state index is 7.50. The van der Waals surface area contributed by atoms with Crippen LogP contribution in [0.5, 0.6) is 0 Å². The number of hydrogen-bond acceptors (Lipinski definition) is 0. The molecule has 2 radical (unpaired) electrons. The molecule has 3 aromatic carbocycles. The van der Waals surface area contributed by atoms with Crippen molar-refractivity contribution in [2.24, 2.45) is 0 Å². The van der Waals surface area contributed by atoms with E-state index < -0.39 is 7.92 Å². The SMILES string of the molecule is [Au+].[C-]#[O+].[C-]#[O+].[C-]#[O+].[C-]1=CC=C[CH]1.[Mn].c1ccc(P(c2ccccc2)c2ccccc2)cc1. The first-order chi connectivity index (χ1) is 14.9. The maximum atomic E-state index is 7.50. The topological polar surface area (TPSA) is 59.7 Å². The van der Waals surface area contributed by atoms with E-state index >= 15 is 0 Å². The normalized spacial score (nSPS) is 9.22. The van der Waals surface area contributed by atoms with Gasteiger partial charge in [-0.15, -0.1) is 6.42 Å². The summed E-state index contributed by atoms with van der Waals surface area (Å²) in [5.41, 5.74) is 0. The van der Waals surface area contributed by atoms with E-state index in [4.69, 9.17) is 14.0 Å². The van der Waals surface area contributed by atoms with Gasteiger partial charge in [0.1, 0.15) is 0 Å². The summed E-state index contributed by atoms with van der Waals surface area (Å²) in [6.45, 7) is 13.5. The van der Waals surface area contributed by atoms with Crippen LogP contribution < -0.4 is 15.9 Å². The molecule has 3 nitrogen and oxygen atoms in total. The van der Waals surface area contributed by atoms with Crippen molar-refractivity contribution in [3.05, 3.63) is 142 Å². The van der Waals surface area contributed by atoms with Crippen LogP contribution >= 0.6 is 7.92 Å². The van der Waals surface area contributed by atoms with Crippen molar-refractivity contribution in [2.75, 3.05) is 0 Å². The van der Waals surface area contributed by atoms with E-state index in [1.165, 1.54) is 15.9 Å². The zero-order valence-electron chi connectivity index (χ0n) is 16.8. The molecule has 0 heterocycles. The van der Waals surface area contributed by atoms with E-state index in [-0.39, 0.29) is 39.4 Å². The van der Waals surface area contributed by atoms with Crippen molar-refractivity contribution >= 4 is 23.8 Å². The fraction of sp³-hybridized carbons (Fsp3) is 0. The van der Waals surface area contributed by atoms with Crippen molar-refractivity contribution < 1.29 is 53.4 Å². The molecule has 0 bridgehead atoms. The van der Waals surface area contributed by atoms with Crippen LogP contribution in [-0.4, -0.2) is 0 Å². The molecule has 0 fully saturated rings. The molecule has 0 spiro atoms. The summed E-state index contributed by atoms with van der Waals surface area (Å²) in [6.07, 6.45) is 10.5. The van der Waals surface area contributed by atoms with Crippen molar-refractivity contribution in [3.8, 4) is 0 Å². The summed E-state index contributed by atoms with van der Waals surface area (Å²) in [5, 5.41) is 4.19. The quantitative estimate of drug-likeness (QED) is 0.173. The van der Waals surface area contributed by atoms with Crippen LogP contribution in [0, 0.1) is 32.4 Å². The number of hydrogen-bond donors (Lipinski definition) is 0. The predicted octanol–water partition coefficient (Wildman–Crippen LogP) is 4.45. The van der Waals surface area contributed by atoms with E-state index in [2.05, 4.69) is 117 Å². The Hall–Kier alpha value is -1.95. The van der Waals surface area contributed by atoms with E-state index in [0.29, 0.717) is 0 Å². The molecule has 0 atom stereocenters. The van der Waals surface area contributed by atoms with E-state index in [9.17, 15) is 0 Å². The van der Waals surface area contributed by atoms with Gasteiger partial charge in [0.25, 0.3) is 0 Å². The Labute approximate surface area is 217 Å². The number of rotatable bonds is 3. The standard InChI is InChI=1S/C18H15P.C5H4.3CO.Au.Mn/c1-4-10-16(11-5-1)19(17-12-6-2-7-13-17)18-14-8-3-9-15-18;1-2-4-5-3-1;3*1-2;;/h1-15H;1-4H;;;;;/q;-1;;;;+1;. The Morgan fingerprint density at radius 1 is 0.531 bits per heavy atom. The Morgan fingerprint density at radius 2 is 0.844 bits per heavy atom. The van der Waals surface area contributed by atoms with Gasteiger partial charge in [0, 0.05) is 17.1 Å². The monoisotopic (exact) mass is 662 g/mol. The first-order valence-corrected chi connectivity index (χ1v) is 9.93. The average molecular weight is 662 g/mol. The molecule has 3 aromatic rings. The molecule has 0 N–H and O–H groups in total. The first-order valence-electron chi connectivity index (χ1n) is 8.59. The summed E-state index contributed by atoms with van der Waals surface area (Å²) in [4.78, 5) is 0. The summed E-state index contributed by atoms with van der Waals surface area (Å²) < 4.78 is 22.5.